The van der Waals surface area contributed by atoms with E-state index >= 15 is 0 Å². The zero-order valence-electron chi connectivity index (χ0n) is 10.1. The number of alkyl halides is 1. The lowest BCUT2D eigenvalue weighted by atomic mass is 10.1. The summed E-state index contributed by atoms with van der Waals surface area (Å²) in [5.41, 5.74) is 2.37. The van der Waals surface area contributed by atoms with Crippen molar-refractivity contribution in [2.75, 3.05) is 19.0 Å². The van der Waals surface area contributed by atoms with Crippen LogP contribution in [0.15, 0.2) is 36.5 Å². The third-order valence-corrected chi connectivity index (χ3v) is 3.09. The molecule has 0 spiro atoms. The highest BCUT2D eigenvalue weighted by atomic mass is 35.5. The first-order chi connectivity index (χ1) is 8.33. The van der Waals surface area contributed by atoms with Gasteiger partial charge in [-0.05, 0) is 30.3 Å². The van der Waals surface area contributed by atoms with Crippen molar-refractivity contribution in [3.63, 3.8) is 0 Å². The predicted molar refractivity (Wildman–Crippen MR) is 73.4 cm³/mol. The monoisotopic (exact) mass is 248 g/mol. The molecule has 0 bridgehead atoms. The van der Waals surface area contributed by atoms with E-state index in [0.29, 0.717) is 5.88 Å². The van der Waals surface area contributed by atoms with Crippen LogP contribution in [0.2, 0.25) is 0 Å². The largest absolute Gasteiger partial charge is 0.298 e. The minimum atomic E-state index is 0.684. The third kappa shape index (κ3) is 3.18. The Kier molecular flexibility index (Phi) is 4.35. The predicted octanol–water partition coefficient (Wildman–Crippen LogP) is 3.30. The normalized spacial score (nSPS) is 11.2. The van der Waals surface area contributed by atoms with Gasteiger partial charge in [-0.2, -0.15) is 0 Å². The van der Waals surface area contributed by atoms with Gasteiger partial charge in [-0.25, -0.2) is 0 Å². The van der Waals surface area contributed by atoms with Gasteiger partial charge in [-0.3, -0.25) is 9.88 Å². The average Bonchev–Trinajstić information content (AvgIpc) is 2.38. The smallest absolute Gasteiger partial charge is 0.0702 e. The van der Waals surface area contributed by atoms with Crippen molar-refractivity contribution in [2.24, 2.45) is 0 Å². The summed E-state index contributed by atoms with van der Waals surface area (Å²) in [6, 6.07) is 10.5. The molecule has 0 atom stereocenters. The molecule has 2 aromatic rings. The van der Waals surface area contributed by atoms with E-state index in [-0.39, 0.29) is 0 Å². The standard InChI is InChI=1S/C14H17ClN2/c1-2-17(9-7-15)11-12-5-6-14-13(10-12)4-3-8-16-14/h3-6,8,10H,2,7,9,11H2,1H3. The van der Waals surface area contributed by atoms with Crippen LogP contribution in [0.3, 0.4) is 0 Å². The van der Waals surface area contributed by atoms with Crippen molar-refractivity contribution in [1.29, 1.82) is 0 Å². The van der Waals surface area contributed by atoms with Crippen molar-refractivity contribution in [2.45, 2.75) is 13.5 Å². The van der Waals surface area contributed by atoms with Crippen molar-refractivity contribution >= 4 is 22.5 Å². The number of hydrogen-bond donors (Lipinski definition) is 0. The Morgan fingerprint density at radius 2 is 2.18 bits per heavy atom. The number of pyridine rings is 1. The molecule has 1 aromatic carbocycles. The lowest BCUT2D eigenvalue weighted by Crippen LogP contribution is -2.24. The molecule has 3 heteroatoms. The molecule has 1 aromatic heterocycles. The van der Waals surface area contributed by atoms with Crippen molar-refractivity contribution in [1.82, 2.24) is 9.88 Å². The zero-order chi connectivity index (χ0) is 12.1. The highest BCUT2D eigenvalue weighted by Crippen LogP contribution is 2.14. The molecule has 0 radical (unpaired) electrons. The van der Waals surface area contributed by atoms with Crippen LogP contribution in [0.5, 0.6) is 0 Å². The summed E-state index contributed by atoms with van der Waals surface area (Å²) in [5, 5.41) is 1.20. The first-order valence-corrected chi connectivity index (χ1v) is 6.49. The van der Waals surface area contributed by atoms with Crippen molar-refractivity contribution in [3.8, 4) is 0 Å². The topological polar surface area (TPSA) is 16.1 Å². The fourth-order valence-electron chi connectivity index (χ4n) is 1.95. The van der Waals surface area contributed by atoms with Gasteiger partial charge < -0.3 is 0 Å². The van der Waals surface area contributed by atoms with Crippen LogP contribution < -0.4 is 0 Å². The lowest BCUT2D eigenvalue weighted by molar-refractivity contribution is 0.298. The van der Waals surface area contributed by atoms with E-state index in [1.54, 1.807) is 0 Å². The number of rotatable bonds is 5. The van der Waals surface area contributed by atoms with Gasteiger partial charge in [0.25, 0.3) is 0 Å². The highest BCUT2D eigenvalue weighted by Gasteiger charge is 2.03. The molecule has 0 amide bonds. The molecule has 0 saturated carbocycles. The average molecular weight is 249 g/mol. The Morgan fingerprint density at radius 3 is 2.94 bits per heavy atom. The second-order valence-corrected chi connectivity index (χ2v) is 4.47. The van der Waals surface area contributed by atoms with Crippen molar-refractivity contribution in [3.05, 3.63) is 42.1 Å². The molecule has 0 aliphatic carbocycles. The summed E-state index contributed by atoms with van der Waals surface area (Å²) in [7, 11) is 0. The maximum absolute atomic E-state index is 5.78. The highest BCUT2D eigenvalue weighted by molar-refractivity contribution is 6.18. The Bertz CT molecular complexity index is 484. The van der Waals surface area contributed by atoms with E-state index < -0.39 is 0 Å². The molecule has 2 nitrogen and oxygen atoms in total. The van der Waals surface area contributed by atoms with Crippen LogP contribution >= 0.6 is 11.6 Å². The van der Waals surface area contributed by atoms with Crippen LogP contribution in [0.4, 0.5) is 0 Å². The molecular weight excluding hydrogens is 232 g/mol. The molecule has 0 saturated heterocycles. The Balaban J connectivity index is 2.18. The number of benzene rings is 1. The number of fused-ring (bicyclic) bond motifs is 1. The van der Waals surface area contributed by atoms with E-state index in [2.05, 4.69) is 41.1 Å². The quantitative estimate of drug-likeness (QED) is 0.755. The van der Waals surface area contributed by atoms with Gasteiger partial charge in [0.1, 0.15) is 0 Å². The fraction of sp³-hybridized carbons (Fsp3) is 0.357. The Labute approximate surface area is 107 Å². The Morgan fingerprint density at radius 1 is 1.29 bits per heavy atom. The third-order valence-electron chi connectivity index (χ3n) is 2.92. The SMILES string of the molecule is CCN(CCCl)Cc1ccc2ncccc2c1. The molecule has 17 heavy (non-hydrogen) atoms. The van der Waals surface area contributed by atoms with Crippen LogP contribution in [0.25, 0.3) is 10.9 Å². The maximum Gasteiger partial charge on any atom is 0.0702 e. The van der Waals surface area contributed by atoms with Gasteiger partial charge >= 0.3 is 0 Å². The summed E-state index contributed by atoms with van der Waals surface area (Å²) in [5.74, 6) is 0.684. The van der Waals surface area contributed by atoms with E-state index in [9.17, 15) is 0 Å². The van der Waals surface area contributed by atoms with E-state index in [1.807, 2.05) is 12.3 Å². The van der Waals surface area contributed by atoms with E-state index in [4.69, 9.17) is 11.6 Å². The molecule has 1 heterocycles. The summed E-state index contributed by atoms with van der Waals surface area (Å²) in [6.07, 6.45) is 1.83. The number of aromatic nitrogens is 1. The van der Waals surface area contributed by atoms with E-state index in [0.717, 1.165) is 25.2 Å². The van der Waals surface area contributed by atoms with E-state index in [1.165, 1.54) is 10.9 Å². The number of hydrogen-bond acceptors (Lipinski definition) is 2. The first-order valence-electron chi connectivity index (χ1n) is 5.95. The second-order valence-electron chi connectivity index (χ2n) is 4.09. The van der Waals surface area contributed by atoms with Crippen LogP contribution in [0, 0.1) is 0 Å². The molecular formula is C14H17ClN2. The molecule has 0 aliphatic rings. The van der Waals surface area contributed by atoms with Gasteiger partial charge in [-0.15, -0.1) is 11.6 Å². The molecule has 0 fully saturated rings. The van der Waals surface area contributed by atoms with Gasteiger partial charge in [0.2, 0.25) is 0 Å². The fourth-order valence-corrected chi connectivity index (χ4v) is 2.19. The summed E-state index contributed by atoms with van der Waals surface area (Å²) in [4.78, 5) is 6.66. The molecule has 0 unspecified atom stereocenters. The summed E-state index contributed by atoms with van der Waals surface area (Å²) >= 11 is 5.78. The zero-order valence-corrected chi connectivity index (χ0v) is 10.8. The summed E-state index contributed by atoms with van der Waals surface area (Å²) in [6.45, 7) is 5.07. The van der Waals surface area contributed by atoms with Crippen LogP contribution in [-0.2, 0) is 6.54 Å². The number of halogens is 1. The van der Waals surface area contributed by atoms with Gasteiger partial charge in [-0.1, -0.05) is 19.1 Å². The maximum atomic E-state index is 5.78. The van der Waals surface area contributed by atoms with Gasteiger partial charge in [0.15, 0.2) is 0 Å². The van der Waals surface area contributed by atoms with Crippen LogP contribution in [0.1, 0.15) is 12.5 Å². The van der Waals surface area contributed by atoms with Gasteiger partial charge in [0, 0.05) is 30.6 Å². The molecule has 2 rings (SSSR count). The summed E-state index contributed by atoms with van der Waals surface area (Å²) < 4.78 is 0. The molecule has 90 valence electrons. The molecule has 0 aliphatic heterocycles. The van der Waals surface area contributed by atoms with Crippen molar-refractivity contribution < 1.29 is 0 Å². The van der Waals surface area contributed by atoms with Gasteiger partial charge in [0.05, 0.1) is 5.52 Å². The minimum absolute atomic E-state index is 0.684. The second kappa shape index (κ2) is 5.99. The minimum Gasteiger partial charge on any atom is -0.298 e. The Hall–Kier alpha value is -1.12. The van der Waals surface area contributed by atoms with Crippen LogP contribution in [-0.4, -0.2) is 28.9 Å². The number of nitrogens with zero attached hydrogens (tertiary/aromatic N) is 2. The first kappa shape index (κ1) is 12.3. The lowest BCUT2D eigenvalue weighted by Gasteiger charge is -2.19. The molecule has 0 N–H and O–H groups in total.